The van der Waals surface area contributed by atoms with Crippen LogP contribution in [-0.2, 0) is 15.9 Å². The Balaban J connectivity index is 2.67. The average molecular weight is 211 g/mol. The highest BCUT2D eigenvalue weighted by atomic mass is 16.5. The Hall–Kier alpha value is -1.62. The van der Waals surface area contributed by atoms with E-state index in [1.807, 2.05) is 0 Å². The fraction of sp³-hybridized carbons (Fsp3) is 0.400. The molecule has 0 saturated carbocycles. The van der Waals surface area contributed by atoms with Crippen LogP contribution in [0, 0.1) is 0 Å². The number of rotatable bonds is 5. The summed E-state index contributed by atoms with van der Waals surface area (Å²) >= 11 is 0. The lowest BCUT2D eigenvalue weighted by Gasteiger charge is -2.06. The standard InChI is InChI=1S/C10H13NO4/c1-4-7(13-2)5-9-11-8(6-15-9)10(12)14-3/h4,6-7H,1,5H2,2-3H3/t7-/m0/s1. The summed E-state index contributed by atoms with van der Waals surface area (Å²) < 4.78 is 14.6. The summed E-state index contributed by atoms with van der Waals surface area (Å²) in [6.45, 7) is 3.60. The second-order valence-electron chi connectivity index (χ2n) is 2.83. The third kappa shape index (κ3) is 2.92. The van der Waals surface area contributed by atoms with E-state index in [0.717, 1.165) is 0 Å². The van der Waals surface area contributed by atoms with Gasteiger partial charge >= 0.3 is 5.97 Å². The largest absolute Gasteiger partial charge is 0.464 e. The molecule has 0 aromatic carbocycles. The predicted octanol–water partition coefficient (Wildman–Crippen LogP) is 1.20. The second-order valence-corrected chi connectivity index (χ2v) is 2.83. The number of esters is 1. The van der Waals surface area contributed by atoms with Crippen molar-refractivity contribution < 1.29 is 18.7 Å². The maximum Gasteiger partial charge on any atom is 0.360 e. The molecule has 0 fully saturated rings. The van der Waals surface area contributed by atoms with Gasteiger partial charge in [-0.05, 0) is 0 Å². The molecule has 82 valence electrons. The van der Waals surface area contributed by atoms with Crippen LogP contribution in [0.2, 0.25) is 0 Å². The van der Waals surface area contributed by atoms with Gasteiger partial charge < -0.3 is 13.9 Å². The number of oxazole rings is 1. The lowest BCUT2D eigenvalue weighted by molar-refractivity contribution is 0.0594. The Labute approximate surface area is 87.7 Å². The molecule has 0 unspecified atom stereocenters. The Bertz CT molecular complexity index is 345. The Morgan fingerprint density at radius 1 is 1.73 bits per heavy atom. The third-order valence-corrected chi connectivity index (χ3v) is 1.89. The molecule has 1 aromatic rings. The van der Waals surface area contributed by atoms with Crippen molar-refractivity contribution in [1.82, 2.24) is 4.98 Å². The van der Waals surface area contributed by atoms with Crippen molar-refractivity contribution >= 4 is 5.97 Å². The minimum Gasteiger partial charge on any atom is -0.464 e. The van der Waals surface area contributed by atoms with E-state index in [4.69, 9.17) is 9.15 Å². The van der Waals surface area contributed by atoms with Crippen LogP contribution in [0.4, 0.5) is 0 Å². The molecule has 0 radical (unpaired) electrons. The van der Waals surface area contributed by atoms with Gasteiger partial charge in [0, 0.05) is 7.11 Å². The molecule has 1 aromatic heterocycles. The average Bonchev–Trinajstić information content (AvgIpc) is 2.73. The Kier molecular flexibility index (Phi) is 4.05. The van der Waals surface area contributed by atoms with Gasteiger partial charge in [0.2, 0.25) is 0 Å². The number of hydrogen-bond acceptors (Lipinski definition) is 5. The lowest BCUT2D eigenvalue weighted by atomic mass is 10.2. The van der Waals surface area contributed by atoms with Crippen molar-refractivity contribution in [3.05, 3.63) is 30.5 Å². The minimum atomic E-state index is -0.516. The summed E-state index contributed by atoms with van der Waals surface area (Å²) in [6, 6.07) is 0. The number of ether oxygens (including phenoxy) is 2. The molecule has 0 bridgehead atoms. The van der Waals surface area contributed by atoms with E-state index in [1.54, 1.807) is 13.2 Å². The lowest BCUT2D eigenvalue weighted by Crippen LogP contribution is -2.10. The molecule has 5 nitrogen and oxygen atoms in total. The normalized spacial score (nSPS) is 12.1. The monoisotopic (exact) mass is 211 g/mol. The fourth-order valence-corrected chi connectivity index (χ4v) is 1.04. The summed E-state index contributed by atoms with van der Waals surface area (Å²) in [5.74, 6) is -0.0975. The van der Waals surface area contributed by atoms with Crippen LogP contribution < -0.4 is 0 Å². The molecule has 0 amide bonds. The van der Waals surface area contributed by atoms with Gasteiger partial charge in [0.15, 0.2) is 11.6 Å². The smallest absolute Gasteiger partial charge is 0.360 e. The zero-order chi connectivity index (χ0) is 11.3. The van der Waals surface area contributed by atoms with E-state index in [9.17, 15) is 4.79 Å². The number of methoxy groups -OCH3 is 2. The molecular formula is C10H13NO4. The minimum absolute atomic E-state index is 0.159. The van der Waals surface area contributed by atoms with Crippen molar-refractivity contribution in [3.8, 4) is 0 Å². The number of nitrogens with zero attached hydrogens (tertiary/aromatic N) is 1. The van der Waals surface area contributed by atoms with Crippen LogP contribution >= 0.6 is 0 Å². The van der Waals surface area contributed by atoms with Crippen LogP contribution in [0.25, 0.3) is 0 Å². The highest BCUT2D eigenvalue weighted by Gasteiger charge is 2.14. The molecule has 1 rings (SSSR count). The molecule has 0 saturated heterocycles. The van der Waals surface area contributed by atoms with Gasteiger partial charge in [0.05, 0.1) is 19.6 Å². The van der Waals surface area contributed by atoms with E-state index in [-0.39, 0.29) is 11.8 Å². The van der Waals surface area contributed by atoms with Crippen molar-refractivity contribution in [2.24, 2.45) is 0 Å². The molecule has 1 heterocycles. The molecule has 0 N–H and O–H groups in total. The van der Waals surface area contributed by atoms with Crippen molar-refractivity contribution in [3.63, 3.8) is 0 Å². The zero-order valence-electron chi connectivity index (χ0n) is 8.73. The quantitative estimate of drug-likeness (QED) is 0.541. The van der Waals surface area contributed by atoms with Crippen molar-refractivity contribution in [2.75, 3.05) is 14.2 Å². The maximum atomic E-state index is 11.1. The molecule has 5 heteroatoms. The fourth-order valence-electron chi connectivity index (χ4n) is 1.04. The molecule has 0 aliphatic carbocycles. The first-order chi connectivity index (χ1) is 7.21. The highest BCUT2D eigenvalue weighted by molar-refractivity contribution is 5.86. The van der Waals surface area contributed by atoms with Gasteiger partial charge in [-0.15, -0.1) is 6.58 Å². The molecule has 0 aliphatic heterocycles. The van der Waals surface area contributed by atoms with E-state index in [0.29, 0.717) is 12.3 Å². The van der Waals surface area contributed by atoms with Gasteiger partial charge in [-0.25, -0.2) is 9.78 Å². The van der Waals surface area contributed by atoms with E-state index >= 15 is 0 Å². The maximum absolute atomic E-state index is 11.1. The number of carbonyl (C=O) groups is 1. The van der Waals surface area contributed by atoms with E-state index < -0.39 is 5.97 Å². The van der Waals surface area contributed by atoms with Crippen LogP contribution in [0.1, 0.15) is 16.4 Å². The molecular weight excluding hydrogens is 198 g/mol. The summed E-state index contributed by atoms with van der Waals surface area (Å²) in [5.41, 5.74) is 0.159. The number of carbonyl (C=O) groups excluding carboxylic acids is 1. The summed E-state index contributed by atoms with van der Waals surface area (Å²) in [4.78, 5) is 15.0. The van der Waals surface area contributed by atoms with Crippen LogP contribution in [0.5, 0.6) is 0 Å². The predicted molar refractivity (Wildman–Crippen MR) is 52.5 cm³/mol. The van der Waals surface area contributed by atoms with Crippen molar-refractivity contribution in [2.45, 2.75) is 12.5 Å². The van der Waals surface area contributed by atoms with Gasteiger partial charge in [0.25, 0.3) is 0 Å². The van der Waals surface area contributed by atoms with Crippen molar-refractivity contribution in [1.29, 1.82) is 0 Å². The first-order valence-corrected chi connectivity index (χ1v) is 4.39. The van der Waals surface area contributed by atoms with Gasteiger partial charge in [0.1, 0.15) is 6.26 Å². The molecule has 15 heavy (non-hydrogen) atoms. The first kappa shape index (κ1) is 11.5. The highest BCUT2D eigenvalue weighted by Crippen LogP contribution is 2.08. The Morgan fingerprint density at radius 3 is 3.00 bits per heavy atom. The summed E-state index contributed by atoms with van der Waals surface area (Å²) in [7, 11) is 2.86. The molecule has 0 aliphatic rings. The first-order valence-electron chi connectivity index (χ1n) is 4.39. The van der Waals surface area contributed by atoms with Gasteiger partial charge in [-0.1, -0.05) is 6.08 Å². The Morgan fingerprint density at radius 2 is 2.47 bits per heavy atom. The second kappa shape index (κ2) is 5.31. The van der Waals surface area contributed by atoms with Crippen LogP contribution in [0.15, 0.2) is 23.3 Å². The topological polar surface area (TPSA) is 61.6 Å². The molecule has 1 atom stereocenters. The van der Waals surface area contributed by atoms with Gasteiger partial charge in [-0.2, -0.15) is 0 Å². The number of hydrogen-bond donors (Lipinski definition) is 0. The van der Waals surface area contributed by atoms with Crippen LogP contribution in [0.3, 0.4) is 0 Å². The van der Waals surface area contributed by atoms with E-state index in [2.05, 4.69) is 16.3 Å². The SMILES string of the molecule is C=C[C@@H](Cc1nc(C(=O)OC)co1)OC. The summed E-state index contributed by atoms with van der Waals surface area (Å²) in [6.07, 6.45) is 3.17. The number of aromatic nitrogens is 1. The summed E-state index contributed by atoms with van der Waals surface area (Å²) in [5, 5.41) is 0. The van der Waals surface area contributed by atoms with E-state index in [1.165, 1.54) is 13.4 Å². The molecule has 0 spiro atoms. The zero-order valence-corrected chi connectivity index (χ0v) is 8.73. The third-order valence-electron chi connectivity index (χ3n) is 1.89. The van der Waals surface area contributed by atoms with Gasteiger partial charge in [-0.3, -0.25) is 0 Å². The van der Waals surface area contributed by atoms with Crippen LogP contribution in [-0.4, -0.2) is 31.3 Å².